The van der Waals surface area contributed by atoms with Gasteiger partial charge in [-0.1, -0.05) is 30.3 Å². The van der Waals surface area contributed by atoms with Crippen molar-refractivity contribution in [2.45, 2.75) is 4.90 Å². The summed E-state index contributed by atoms with van der Waals surface area (Å²) in [4.78, 5) is 22.1. The number of nitrogens with zero attached hydrogens (tertiary/aromatic N) is 2. The monoisotopic (exact) mass is 365 g/mol. The number of hydrogen-bond acceptors (Lipinski definition) is 3. The van der Waals surface area contributed by atoms with Gasteiger partial charge in [-0.15, -0.1) is 11.8 Å². The van der Waals surface area contributed by atoms with Crippen molar-refractivity contribution < 1.29 is 4.79 Å². The van der Waals surface area contributed by atoms with E-state index in [1.54, 1.807) is 11.8 Å². The number of piperazine rings is 1. The zero-order valence-electron chi connectivity index (χ0n) is 15.2. The second-order valence-electron chi connectivity index (χ2n) is 6.75. The van der Waals surface area contributed by atoms with Crippen molar-refractivity contribution in [1.29, 1.82) is 0 Å². The van der Waals surface area contributed by atoms with Gasteiger partial charge < -0.3 is 14.8 Å². The summed E-state index contributed by atoms with van der Waals surface area (Å²) in [6.07, 6.45) is 2.08. The van der Waals surface area contributed by atoms with E-state index < -0.39 is 0 Å². The highest BCUT2D eigenvalue weighted by Crippen LogP contribution is 2.35. The van der Waals surface area contributed by atoms with Crippen LogP contribution in [0, 0.1) is 0 Å². The molecule has 1 fully saturated rings. The Hall–Kier alpha value is -2.24. The van der Waals surface area contributed by atoms with Crippen LogP contribution in [-0.4, -0.2) is 60.2 Å². The molecule has 4 nitrogen and oxygen atoms in total. The van der Waals surface area contributed by atoms with Crippen molar-refractivity contribution in [2.75, 3.05) is 39.5 Å². The maximum absolute atomic E-state index is 13.3. The Kier molecular flexibility index (Phi) is 4.74. The Labute approximate surface area is 158 Å². The summed E-state index contributed by atoms with van der Waals surface area (Å²) in [7, 11) is 2.10. The minimum Gasteiger partial charge on any atom is -0.350 e. The van der Waals surface area contributed by atoms with Crippen molar-refractivity contribution in [3.05, 3.63) is 54.2 Å². The largest absolute Gasteiger partial charge is 0.350 e. The van der Waals surface area contributed by atoms with Crippen LogP contribution < -0.4 is 0 Å². The number of rotatable bonds is 3. The molecule has 2 aromatic carbocycles. The van der Waals surface area contributed by atoms with Crippen LogP contribution in [-0.2, 0) is 0 Å². The van der Waals surface area contributed by atoms with Crippen LogP contribution >= 0.6 is 11.8 Å². The van der Waals surface area contributed by atoms with Gasteiger partial charge in [0, 0.05) is 47.5 Å². The topological polar surface area (TPSA) is 39.3 Å². The number of fused-ring (bicyclic) bond motifs is 1. The first-order chi connectivity index (χ1) is 12.7. The third kappa shape index (κ3) is 3.13. The van der Waals surface area contributed by atoms with E-state index in [2.05, 4.69) is 53.5 Å². The second-order valence-corrected chi connectivity index (χ2v) is 7.63. The van der Waals surface area contributed by atoms with Crippen LogP contribution in [0.4, 0.5) is 0 Å². The van der Waals surface area contributed by atoms with Crippen LogP contribution in [0.2, 0.25) is 0 Å². The molecule has 1 amide bonds. The molecule has 0 radical (unpaired) electrons. The Bertz CT molecular complexity index is 927. The summed E-state index contributed by atoms with van der Waals surface area (Å²) in [5.41, 5.74) is 3.81. The second kappa shape index (κ2) is 7.17. The average molecular weight is 366 g/mol. The molecule has 0 aliphatic carbocycles. The maximum Gasteiger partial charge on any atom is 0.271 e. The molecular formula is C21H23N3OS. The van der Waals surface area contributed by atoms with Gasteiger partial charge in [-0.2, -0.15) is 0 Å². The summed E-state index contributed by atoms with van der Waals surface area (Å²) in [6.45, 7) is 3.39. The fourth-order valence-corrected chi connectivity index (χ4v) is 3.97. The number of aromatic nitrogens is 1. The Morgan fingerprint density at radius 3 is 2.46 bits per heavy atom. The molecular weight excluding hydrogens is 342 g/mol. The molecule has 5 heteroatoms. The molecule has 0 atom stereocenters. The van der Waals surface area contributed by atoms with Crippen LogP contribution in [0.1, 0.15) is 10.5 Å². The number of aromatic amines is 1. The van der Waals surface area contributed by atoms with E-state index >= 15 is 0 Å². The quantitative estimate of drug-likeness (QED) is 0.715. The van der Waals surface area contributed by atoms with Crippen molar-refractivity contribution in [3.63, 3.8) is 0 Å². The third-order valence-corrected chi connectivity index (χ3v) is 5.80. The molecule has 1 N–H and O–H groups in total. The molecule has 134 valence electrons. The van der Waals surface area contributed by atoms with Crippen molar-refractivity contribution in [3.8, 4) is 11.1 Å². The molecule has 0 bridgehead atoms. The molecule has 0 unspecified atom stereocenters. The Morgan fingerprint density at radius 1 is 1.04 bits per heavy atom. The van der Waals surface area contributed by atoms with Crippen LogP contribution in [0.3, 0.4) is 0 Å². The summed E-state index contributed by atoms with van der Waals surface area (Å²) >= 11 is 1.72. The van der Waals surface area contributed by atoms with Crippen LogP contribution in [0.15, 0.2) is 53.4 Å². The molecule has 0 saturated carbocycles. The van der Waals surface area contributed by atoms with Gasteiger partial charge in [0.25, 0.3) is 5.91 Å². The molecule has 1 aliphatic rings. The molecule has 4 rings (SSSR count). The Balaban J connectivity index is 1.84. The lowest BCUT2D eigenvalue weighted by atomic mass is 10.0. The fourth-order valence-electron chi connectivity index (χ4n) is 3.53. The molecule has 3 aromatic rings. The van der Waals surface area contributed by atoms with Gasteiger partial charge in [-0.25, -0.2) is 0 Å². The van der Waals surface area contributed by atoms with E-state index in [1.807, 2.05) is 23.1 Å². The number of thioether (sulfide) groups is 1. The van der Waals surface area contributed by atoms with E-state index in [0.29, 0.717) is 5.69 Å². The first-order valence-electron chi connectivity index (χ1n) is 8.90. The molecule has 26 heavy (non-hydrogen) atoms. The number of carbonyl (C=O) groups is 1. The normalized spacial score (nSPS) is 15.5. The molecule has 0 spiro atoms. The van der Waals surface area contributed by atoms with Gasteiger partial charge >= 0.3 is 0 Å². The molecule has 1 saturated heterocycles. The number of likely N-dealkylation sites (N-methyl/N-ethyl adjacent to an activating group) is 1. The highest BCUT2D eigenvalue weighted by Gasteiger charge is 2.26. The van der Waals surface area contributed by atoms with Gasteiger partial charge in [0.05, 0.1) is 0 Å². The van der Waals surface area contributed by atoms with Crippen molar-refractivity contribution >= 4 is 28.6 Å². The van der Waals surface area contributed by atoms with E-state index in [1.165, 1.54) is 4.90 Å². The zero-order chi connectivity index (χ0) is 18.1. The number of benzene rings is 2. The first kappa shape index (κ1) is 17.2. The third-order valence-electron chi connectivity index (χ3n) is 5.07. The summed E-state index contributed by atoms with van der Waals surface area (Å²) in [5, 5.41) is 1.11. The predicted molar refractivity (Wildman–Crippen MR) is 109 cm³/mol. The van der Waals surface area contributed by atoms with Crippen LogP contribution in [0.25, 0.3) is 22.0 Å². The molecule has 2 heterocycles. The van der Waals surface area contributed by atoms with E-state index in [-0.39, 0.29) is 5.91 Å². The van der Waals surface area contributed by atoms with Gasteiger partial charge in [0.1, 0.15) is 5.69 Å². The lowest BCUT2D eigenvalue weighted by Crippen LogP contribution is -2.47. The molecule has 1 aromatic heterocycles. The SMILES string of the molecule is CSc1ccc2[nH]c(C(=O)N3CCN(C)CC3)c(-c3ccccc3)c2c1. The van der Waals surface area contributed by atoms with Gasteiger partial charge in [-0.3, -0.25) is 4.79 Å². The highest BCUT2D eigenvalue weighted by atomic mass is 32.2. The zero-order valence-corrected chi connectivity index (χ0v) is 16.0. The number of H-pyrrole nitrogens is 1. The number of nitrogens with one attached hydrogen (secondary N) is 1. The summed E-state index contributed by atoms with van der Waals surface area (Å²) in [5.74, 6) is 0.0962. The number of carbonyl (C=O) groups excluding carboxylic acids is 1. The van der Waals surface area contributed by atoms with Crippen LogP contribution in [0.5, 0.6) is 0 Å². The van der Waals surface area contributed by atoms with E-state index in [9.17, 15) is 4.79 Å². The number of hydrogen-bond donors (Lipinski definition) is 1. The average Bonchev–Trinajstić information content (AvgIpc) is 3.07. The van der Waals surface area contributed by atoms with Gasteiger partial charge in [0.15, 0.2) is 0 Å². The summed E-state index contributed by atoms with van der Waals surface area (Å²) in [6, 6.07) is 16.6. The lowest BCUT2D eigenvalue weighted by Gasteiger charge is -2.32. The lowest BCUT2D eigenvalue weighted by molar-refractivity contribution is 0.0660. The van der Waals surface area contributed by atoms with E-state index in [0.717, 1.165) is 48.2 Å². The standard InChI is InChI=1S/C21H23N3OS/c1-23-10-12-24(13-11-23)21(25)20-19(15-6-4-3-5-7-15)17-14-16(26-2)8-9-18(17)22-20/h3-9,14,22H,10-13H2,1-2H3. The minimum atomic E-state index is 0.0962. The fraction of sp³-hybridized carbons (Fsp3) is 0.286. The number of amides is 1. The summed E-state index contributed by atoms with van der Waals surface area (Å²) < 4.78 is 0. The highest BCUT2D eigenvalue weighted by molar-refractivity contribution is 7.98. The molecule has 1 aliphatic heterocycles. The van der Waals surface area contributed by atoms with Gasteiger partial charge in [0.2, 0.25) is 0 Å². The smallest absolute Gasteiger partial charge is 0.271 e. The Morgan fingerprint density at radius 2 is 1.77 bits per heavy atom. The van der Waals surface area contributed by atoms with Crippen molar-refractivity contribution in [1.82, 2.24) is 14.8 Å². The van der Waals surface area contributed by atoms with Crippen molar-refractivity contribution in [2.24, 2.45) is 0 Å². The maximum atomic E-state index is 13.3. The van der Waals surface area contributed by atoms with E-state index in [4.69, 9.17) is 0 Å². The first-order valence-corrected chi connectivity index (χ1v) is 10.1. The minimum absolute atomic E-state index is 0.0962. The predicted octanol–water partition coefficient (Wildman–Crippen LogP) is 3.94. The van der Waals surface area contributed by atoms with Gasteiger partial charge in [-0.05, 0) is 37.1 Å².